The Balaban J connectivity index is 1.90. The number of carbonyl (C=O) groups is 1. The molecule has 1 amide bonds. The van der Waals surface area contributed by atoms with E-state index in [9.17, 15) is 4.79 Å². The molecule has 0 aliphatic carbocycles. The highest BCUT2D eigenvalue weighted by molar-refractivity contribution is 7.09. The van der Waals surface area contributed by atoms with Crippen molar-refractivity contribution >= 4 is 28.8 Å². The number of rotatable bonds is 6. The van der Waals surface area contributed by atoms with Crippen LogP contribution in [-0.2, 0) is 12.8 Å². The van der Waals surface area contributed by atoms with Crippen LogP contribution < -0.4 is 11.1 Å². The Labute approximate surface area is 133 Å². The second kappa shape index (κ2) is 7.54. The molecule has 4 nitrogen and oxygen atoms in total. The van der Waals surface area contributed by atoms with Gasteiger partial charge in [0, 0.05) is 22.9 Å². The first-order chi connectivity index (χ1) is 10.1. The lowest BCUT2D eigenvalue weighted by atomic mass is 10.1. The van der Waals surface area contributed by atoms with Gasteiger partial charge < -0.3 is 11.1 Å². The largest absolute Gasteiger partial charge is 0.348 e. The van der Waals surface area contributed by atoms with Crippen molar-refractivity contribution in [3.05, 3.63) is 50.9 Å². The molecule has 2 aromatic rings. The fraction of sp³-hybridized carbons (Fsp3) is 0.333. The van der Waals surface area contributed by atoms with Crippen LogP contribution in [0.25, 0.3) is 0 Å². The van der Waals surface area contributed by atoms with Crippen molar-refractivity contribution < 1.29 is 4.79 Å². The Hall–Kier alpha value is -1.43. The Morgan fingerprint density at radius 3 is 2.81 bits per heavy atom. The van der Waals surface area contributed by atoms with E-state index in [1.165, 1.54) is 11.3 Å². The predicted molar refractivity (Wildman–Crippen MR) is 87.0 cm³/mol. The lowest BCUT2D eigenvalue weighted by Crippen LogP contribution is -2.34. The molecule has 0 fully saturated rings. The maximum atomic E-state index is 12.1. The van der Waals surface area contributed by atoms with E-state index in [-0.39, 0.29) is 11.9 Å². The maximum Gasteiger partial charge on any atom is 0.270 e. The normalized spacial score (nSPS) is 12.1. The lowest BCUT2D eigenvalue weighted by molar-refractivity contribution is 0.0935. The SMILES string of the molecule is CC(Cc1ccc(Cl)cc1)NC(=O)c1csc(CCN)n1. The van der Waals surface area contributed by atoms with E-state index in [2.05, 4.69) is 10.3 Å². The zero-order valence-electron chi connectivity index (χ0n) is 11.8. The molecule has 0 saturated carbocycles. The first-order valence-corrected chi connectivity index (χ1v) is 8.04. The number of amides is 1. The number of hydrogen-bond acceptors (Lipinski definition) is 4. The van der Waals surface area contributed by atoms with Crippen molar-refractivity contribution in [2.45, 2.75) is 25.8 Å². The van der Waals surface area contributed by atoms with Crippen molar-refractivity contribution in [3.63, 3.8) is 0 Å². The molecule has 0 aliphatic heterocycles. The minimum atomic E-state index is -0.143. The van der Waals surface area contributed by atoms with Crippen LogP contribution >= 0.6 is 22.9 Å². The summed E-state index contributed by atoms with van der Waals surface area (Å²) in [5, 5.41) is 6.34. The van der Waals surface area contributed by atoms with Gasteiger partial charge in [-0.15, -0.1) is 11.3 Å². The quantitative estimate of drug-likeness (QED) is 0.858. The number of nitrogens with one attached hydrogen (secondary N) is 1. The zero-order valence-corrected chi connectivity index (χ0v) is 13.4. The van der Waals surface area contributed by atoms with Crippen molar-refractivity contribution in [2.75, 3.05) is 6.54 Å². The molecule has 2 rings (SSSR count). The van der Waals surface area contributed by atoms with Gasteiger partial charge in [0.2, 0.25) is 0 Å². The summed E-state index contributed by atoms with van der Waals surface area (Å²) in [6, 6.07) is 7.66. The van der Waals surface area contributed by atoms with Crippen molar-refractivity contribution in [2.24, 2.45) is 5.73 Å². The highest BCUT2D eigenvalue weighted by Gasteiger charge is 2.13. The second-order valence-corrected chi connectivity index (χ2v) is 6.25. The summed E-state index contributed by atoms with van der Waals surface area (Å²) < 4.78 is 0. The number of hydrogen-bond donors (Lipinski definition) is 2. The Morgan fingerprint density at radius 1 is 1.43 bits per heavy atom. The average molecular weight is 324 g/mol. The van der Waals surface area contributed by atoms with Crippen molar-refractivity contribution in [1.29, 1.82) is 0 Å². The van der Waals surface area contributed by atoms with Gasteiger partial charge in [0.05, 0.1) is 5.01 Å². The van der Waals surface area contributed by atoms with Crippen LogP contribution in [0.1, 0.15) is 28.0 Å². The van der Waals surface area contributed by atoms with Gasteiger partial charge in [-0.05, 0) is 37.6 Å². The summed E-state index contributed by atoms with van der Waals surface area (Å²) in [7, 11) is 0. The molecule has 1 atom stereocenters. The van der Waals surface area contributed by atoms with E-state index in [1.807, 2.05) is 31.2 Å². The molecule has 3 N–H and O–H groups in total. The smallest absolute Gasteiger partial charge is 0.270 e. The van der Waals surface area contributed by atoms with Crippen LogP contribution in [-0.4, -0.2) is 23.5 Å². The Morgan fingerprint density at radius 2 is 2.14 bits per heavy atom. The minimum absolute atomic E-state index is 0.0262. The summed E-state index contributed by atoms with van der Waals surface area (Å²) in [5.74, 6) is -0.143. The number of nitrogens with zero attached hydrogens (tertiary/aromatic N) is 1. The molecular weight excluding hydrogens is 306 g/mol. The van der Waals surface area contributed by atoms with Gasteiger partial charge in [-0.25, -0.2) is 4.98 Å². The fourth-order valence-electron chi connectivity index (χ4n) is 1.98. The second-order valence-electron chi connectivity index (χ2n) is 4.87. The number of halogens is 1. The number of nitrogens with two attached hydrogens (primary N) is 1. The van der Waals surface area contributed by atoms with Gasteiger partial charge in [0.15, 0.2) is 0 Å². The van der Waals surface area contributed by atoms with Gasteiger partial charge >= 0.3 is 0 Å². The summed E-state index contributed by atoms with van der Waals surface area (Å²) in [5.41, 5.74) is 7.08. The van der Waals surface area contributed by atoms with Gasteiger partial charge in [-0.1, -0.05) is 23.7 Å². The number of benzene rings is 1. The fourth-order valence-corrected chi connectivity index (χ4v) is 2.90. The summed E-state index contributed by atoms with van der Waals surface area (Å²) in [4.78, 5) is 16.4. The minimum Gasteiger partial charge on any atom is -0.348 e. The summed E-state index contributed by atoms with van der Waals surface area (Å²) >= 11 is 7.32. The molecule has 0 bridgehead atoms. The first kappa shape index (κ1) is 15.9. The van der Waals surface area contributed by atoms with E-state index in [0.29, 0.717) is 23.7 Å². The molecular formula is C15H18ClN3OS. The van der Waals surface area contributed by atoms with Crippen molar-refractivity contribution in [1.82, 2.24) is 10.3 Å². The highest BCUT2D eigenvalue weighted by Crippen LogP contribution is 2.12. The molecule has 0 aliphatic rings. The third-order valence-corrected chi connectivity index (χ3v) is 4.14. The summed E-state index contributed by atoms with van der Waals surface area (Å²) in [6.45, 7) is 2.52. The molecule has 1 heterocycles. The van der Waals surface area contributed by atoms with Gasteiger partial charge in [0.25, 0.3) is 5.91 Å². The molecule has 0 spiro atoms. The zero-order chi connectivity index (χ0) is 15.2. The topological polar surface area (TPSA) is 68.0 Å². The molecule has 1 aromatic heterocycles. The molecule has 1 aromatic carbocycles. The Bertz CT molecular complexity index is 597. The van der Waals surface area contributed by atoms with E-state index in [4.69, 9.17) is 17.3 Å². The number of aromatic nitrogens is 1. The number of carbonyl (C=O) groups excluding carboxylic acids is 1. The average Bonchev–Trinajstić information content (AvgIpc) is 2.90. The molecule has 1 unspecified atom stereocenters. The molecule has 21 heavy (non-hydrogen) atoms. The number of thiazole rings is 1. The van der Waals surface area contributed by atoms with E-state index < -0.39 is 0 Å². The third kappa shape index (κ3) is 4.81. The molecule has 0 radical (unpaired) electrons. The molecule has 112 valence electrons. The van der Waals surface area contributed by atoms with Gasteiger partial charge in [-0.2, -0.15) is 0 Å². The van der Waals surface area contributed by atoms with Crippen LogP contribution in [0.5, 0.6) is 0 Å². The Kier molecular flexibility index (Phi) is 5.73. The van der Waals surface area contributed by atoms with Crippen molar-refractivity contribution in [3.8, 4) is 0 Å². The highest BCUT2D eigenvalue weighted by atomic mass is 35.5. The lowest BCUT2D eigenvalue weighted by Gasteiger charge is -2.13. The summed E-state index contributed by atoms with van der Waals surface area (Å²) in [6.07, 6.45) is 1.46. The first-order valence-electron chi connectivity index (χ1n) is 6.78. The van der Waals surface area contributed by atoms with E-state index in [0.717, 1.165) is 17.0 Å². The maximum absolute atomic E-state index is 12.1. The van der Waals surface area contributed by atoms with Gasteiger partial charge in [0.1, 0.15) is 5.69 Å². The monoisotopic (exact) mass is 323 g/mol. The van der Waals surface area contributed by atoms with Crippen LogP contribution in [0.15, 0.2) is 29.6 Å². The third-order valence-electron chi connectivity index (χ3n) is 2.98. The predicted octanol–water partition coefficient (Wildman–Crippen LogP) is 2.66. The molecule has 0 saturated heterocycles. The van der Waals surface area contributed by atoms with Crippen LogP contribution in [0.2, 0.25) is 5.02 Å². The standard InChI is InChI=1S/C15H18ClN3OS/c1-10(8-11-2-4-12(16)5-3-11)18-15(20)13-9-21-14(19-13)6-7-17/h2-5,9-10H,6-8,17H2,1H3,(H,18,20). The van der Waals surface area contributed by atoms with Crippen LogP contribution in [0.4, 0.5) is 0 Å². The van der Waals surface area contributed by atoms with E-state index >= 15 is 0 Å². The van der Waals surface area contributed by atoms with Crippen LogP contribution in [0, 0.1) is 0 Å². The molecule has 6 heteroatoms. The van der Waals surface area contributed by atoms with E-state index in [1.54, 1.807) is 5.38 Å². The van der Waals surface area contributed by atoms with Gasteiger partial charge in [-0.3, -0.25) is 4.79 Å². The van der Waals surface area contributed by atoms with Crippen LogP contribution in [0.3, 0.4) is 0 Å².